The number of nitrogens with zero attached hydrogens (tertiary/aromatic N) is 1. The molecule has 1 fully saturated rings. The maximum Gasteiger partial charge on any atom is 0.215 e. The summed E-state index contributed by atoms with van der Waals surface area (Å²) in [5, 5.41) is 3.16. The van der Waals surface area contributed by atoms with Gasteiger partial charge in [-0.2, -0.15) is 4.31 Å². The minimum absolute atomic E-state index is 0.151. The molecule has 1 N–H and O–H groups in total. The lowest BCUT2D eigenvalue weighted by Crippen LogP contribution is -2.37. The predicted octanol–water partition coefficient (Wildman–Crippen LogP) is 0.403. The van der Waals surface area contributed by atoms with Crippen molar-refractivity contribution in [2.75, 3.05) is 18.8 Å². The molecule has 2 rings (SSSR count). The third-order valence-electron chi connectivity index (χ3n) is 2.64. The van der Waals surface area contributed by atoms with Crippen LogP contribution in [0.4, 0.5) is 0 Å². The fourth-order valence-corrected chi connectivity index (χ4v) is 3.19. The van der Waals surface area contributed by atoms with E-state index in [1.54, 1.807) is 18.4 Å². The second kappa shape index (κ2) is 4.57. The Morgan fingerprint density at radius 1 is 1.62 bits per heavy atom. The fourth-order valence-electron chi connectivity index (χ4n) is 1.79. The summed E-state index contributed by atoms with van der Waals surface area (Å²) in [4.78, 5) is 0. The lowest BCUT2D eigenvalue weighted by molar-refractivity contribution is 0.344. The van der Waals surface area contributed by atoms with E-state index in [9.17, 15) is 8.42 Å². The highest BCUT2D eigenvalue weighted by Gasteiger charge is 2.27. The number of furan rings is 1. The SMILES string of the molecule is CC1CN(Cc2ccco2)S(=O)(=O)CCN1. The molecule has 1 unspecified atom stereocenters. The molecule has 0 bridgehead atoms. The molecular weight excluding hydrogens is 228 g/mol. The summed E-state index contributed by atoms with van der Waals surface area (Å²) in [5.74, 6) is 0.829. The van der Waals surface area contributed by atoms with Crippen LogP contribution < -0.4 is 5.32 Å². The second-order valence-corrected chi connectivity index (χ2v) is 6.13. The van der Waals surface area contributed by atoms with Gasteiger partial charge in [-0.05, 0) is 19.1 Å². The molecule has 1 aliphatic heterocycles. The van der Waals surface area contributed by atoms with Crippen molar-refractivity contribution in [1.82, 2.24) is 9.62 Å². The zero-order valence-electron chi connectivity index (χ0n) is 9.22. The van der Waals surface area contributed by atoms with Gasteiger partial charge in [-0.3, -0.25) is 0 Å². The van der Waals surface area contributed by atoms with E-state index in [1.807, 2.05) is 6.92 Å². The number of nitrogens with one attached hydrogen (secondary N) is 1. The van der Waals surface area contributed by atoms with Crippen molar-refractivity contribution in [1.29, 1.82) is 0 Å². The third kappa shape index (κ3) is 2.63. The second-order valence-electron chi connectivity index (χ2n) is 4.04. The monoisotopic (exact) mass is 244 g/mol. The Hall–Kier alpha value is -0.850. The molecule has 1 aliphatic rings. The van der Waals surface area contributed by atoms with Crippen LogP contribution in [0.15, 0.2) is 22.8 Å². The highest BCUT2D eigenvalue weighted by atomic mass is 32.2. The van der Waals surface area contributed by atoms with E-state index in [-0.39, 0.29) is 11.8 Å². The Balaban J connectivity index is 2.15. The average molecular weight is 244 g/mol. The molecule has 1 aromatic rings. The Morgan fingerprint density at radius 3 is 3.12 bits per heavy atom. The molecule has 90 valence electrons. The van der Waals surface area contributed by atoms with E-state index in [0.29, 0.717) is 25.4 Å². The van der Waals surface area contributed by atoms with E-state index >= 15 is 0 Å². The van der Waals surface area contributed by atoms with Gasteiger partial charge in [0, 0.05) is 19.1 Å². The quantitative estimate of drug-likeness (QED) is 0.818. The Labute approximate surface area is 95.5 Å². The first-order valence-corrected chi connectivity index (χ1v) is 6.92. The van der Waals surface area contributed by atoms with Crippen molar-refractivity contribution in [2.45, 2.75) is 19.5 Å². The first kappa shape index (κ1) is 11.6. The van der Waals surface area contributed by atoms with Crippen LogP contribution in [-0.4, -0.2) is 37.6 Å². The van der Waals surface area contributed by atoms with Crippen LogP contribution in [0.25, 0.3) is 0 Å². The van der Waals surface area contributed by atoms with Gasteiger partial charge in [0.25, 0.3) is 0 Å². The maximum atomic E-state index is 11.9. The molecule has 2 heterocycles. The topological polar surface area (TPSA) is 62.6 Å². The fraction of sp³-hybridized carbons (Fsp3) is 0.600. The molecule has 0 aliphatic carbocycles. The summed E-state index contributed by atoms with van der Waals surface area (Å²) in [7, 11) is -3.16. The van der Waals surface area contributed by atoms with Gasteiger partial charge in [0.1, 0.15) is 5.76 Å². The summed E-state index contributed by atoms with van der Waals surface area (Å²) in [6.45, 7) is 3.30. The van der Waals surface area contributed by atoms with Crippen LogP contribution in [-0.2, 0) is 16.6 Å². The normalized spacial score (nSPS) is 26.4. The molecule has 1 atom stereocenters. The minimum Gasteiger partial charge on any atom is -0.468 e. The zero-order valence-corrected chi connectivity index (χ0v) is 10.0. The van der Waals surface area contributed by atoms with Gasteiger partial charge in [0.05, 0.1) is 18.6 Å². The van der Waals surface area contributed by atoms with Crippen molar-refractivity contribution in [3.8, 4) is 0 Å². The Bertz CT molecular complexity index is 427. The maximum absolute atomic E-state index is 11.9. The van der Waals surface area contributed by atoms with Crippen LogP contribution in [0.1, 0.15) is 12.7 Å². The number of hydrogen-bond donors (Lipinski definition) is 1. The van der Waals surface area contributed by atoms with E-state index in [2.05, 4.69) is 5.32 Å². The average Bonchev–Trinajstić information content (AvgIpc) is 2.64. The molecule has 1 saturated heterocycles. The van der Waals surface area contributed by atoms with E-state index in [4.69, 9.17) is 4.42 Å². The molecule has 6 heteroatoms. The van der Waals surface area contributed by atoms with Gasteiger partial charge >= 0.3 is 0 Å². The highest BCUT2D eigenvalue weighted by molar-refractivity contribution is 7.89. The van der Waals surface area contributed by atoms with Gasteiger partial charge in [0.2, 0.25) is 10.0 Å². The number of rotatable bonds is 2. The first-order valence-electron chi connectivity index (χ1n) is 5.31. The van der Waals surface area contributed by atoms with E-state index in [0.717, 1.165) is 0 Å². The van der Waals surface area contributed by atoms with Crippen LogP contribution in [0.5, 0.6) is 0 Å². The molecule has 0 amide bonds. The van der Waals surface area contributed by atoms with Crippen molar-refractivity contribution in [2.24, 2.45) is 0 Å². The molecule has 1 aromatic heterocycles. The summed E-state index contributed by atoms with van der Waals surface area (Å²) in [6.07, 6.45) is 1.56. The largest absolute Gasteiger partial charge is 0.468 e. The lowest BCUT2D eigenvalue weighted by atomic mass is 10.3. The van der Waals surface area contributed by atoms with Crippen molar-refractivity contribution >= 4 is 10.0 Å². The van der Waals surface area contributed by atoms with Crippen molar-refractivity contribution in [3.63, 3.8) is 0 Å². The summed E-state index contributed by atoms with van der Waals surface area (Å²) in [5.41, 5.74) is 0. The van der Waals surface area contributed by atoms with E-state index in [1.165, 1.54) is 4.31 Å². The van der Waals surface area contributed by atoms with E-state index < -0.39 is 10.0 Å². The van der Waals surface area contributed by atoms with Crippen LogP contribution >= 0.6 is 0 Å². The Kier molecular flexibility index (Phi) is 3.32. The lowest BCUT2D eigenvalue weighted by Gasteiger charge is -2.20. The van der Waals surface area contributed by atoms with Gasteiger partial charge in [0.15, 0.2) is 0 Å². The third-order valence-corrected chi connectivity index (χ3v) is 4.42. The van der Waals surface area contributed by atoms with Crippen molar-refractivity contribution in [3.05, 3.63) is 24.2 Å². The minimum atomic E-state index is -3.16. The van der Waals surface area contributed by atoms with Crippen LogP contribution in [0, 0.1) is 0 Å². The van der Waals surface area contributed by atoms with Gasteiger partial charge in [-0.1, -0.05) is 0 Å². The van der Waals surface area contributed by atoms with Crippen LogP contribution in [0.2, 0.25) is 0 Å². The zero-order chi connectivity index (χ0) is 11.6. The Morgan fingerprint density at radius 2 is 2.44 bits per heavy atom. The smallest absolute Gasteiger partial charge is 0.215 e. The van der Waals surface area contributed by atoms with Crippen molar-refractivity contribution < 1.29 is 12.8 Å². The molecule has 16 heavy (non-hydrogen) atoms. The molecule has 0 radical (unpaired) electrons. The number of sulfonamides is 1. The number of hydrogen-bond acceptors (Lipinski definition) is 4. The van der Waals surface area contributed by atoms with Gasteiger partial charge < -0.3 is 9.73 Å². The molecular formula is C10H16N2O3S. The molecule has 0 saturated carbocycles. The molecule has 5 nitrogen and oxygen atoms in total. The van der Waals surface area contributed by atoms with Gasteiger partial charge in [-0.25, -0.2) is 8.42 Å². The molecule has 0 aromatic carbocycles. The summed E-state index contributed by atoms with van der Waals surface area (Å²) >= 11 is 0. The first-order chi connectivity index (χ1) is 7.58. The highest BCUT2D eigenvalue weighted by Crippen LogP contribution is 2.12. The standard InChI is InChI=1S/C10H16N2O3S/c1-9-7-12(8-10-3-2-5-15-10)16(13,14)6-4-11-9/h2-3,5,9,11H,4,6-8H2,1H3. The summed E-state index contributed by atoms with van der Waals surface area (Å²) < 4.78 is 30.5. The van der Waals surface area contributed by atoms with Gasteiger partial charge in [-0.15, -0.1) is 0 Å². The summed E-state index contributed by atoms with van der Waals surface area (Å²) in [6, 6.07) is 3.73. The van der Waals surface area contributed by atoms with Crippen LogP contribution in [0.3, 0.4) is 0 Å². The predicted molar refractivity (Wildman–Crippen MR) is 60.4 cm³/mol. The molecule has 0 spiro atoms.